The van der Waals surface area contributed by atoms with Crippen LogP contribution in [0.25, 0.3) is 22.0 Å². The van der Waals surface area contributed by atoms with Crippen molar-refractivity contribution >= 4 is 22.9 Å². The molecule has 0 atom stereocenters. The Morgan fingerprint density at radius 2 is 1.87 bits per heavy atom. The second kappa shape index (κ2) is 5.64. The average Bonchev–Trinajstić information content (AvgIpc) is 3.13. The first kappa shape index (κ1) is 15.5. The lowest BCUT2D eigenvalue weighted by atomic mass is 10.2. The summed E-state index contributed by atoms with van der Waals surface area (Å²) in [6, 6.07) is 7.96. The van der Waals surface area contributed by atoms with Crippen LogP contribution in [-0.2, 0) is 6.18 Å². The molecule has 0 fully saturated rings. The number of nitrogens with zero attached hydrogens (tertiary/aromatic N) is 4. The van der Waals surface area contributed by atoms with Crippen molar-refractivity contribution in [1.29, 1.82) is 5.26 Å². The molecule has 0 radical (unpaired) electrons. The third-order valence-corrected chi connectivity index (χ3v) is 4.26. The number of alkyl halides is 3. The summed E-state index contributed by atoms with van der Waals surface area (Å²) in [6.45, 7) is 0. The molecule has 0 saturated heterocycles. The van der Waals surface area contributed by atoms with Gasteiger partial charge in [0.05, 0.1) is 0 Å². The lowest BCUT2D eigenvalue weighted by Crippen LogP contribution is -2.04. The minimum atomic E-state index is -4.62. The van der Waals surface area contributed by atoms with Gasteiger partial charge in [-0.05, 0) is 12.1 Å². The lowest BCUT2D eigenvalue weighted by Gasteiger charge is -2.03. The summed E-state index contributed by atoms with van der Waals surface area (Å²) in [6.07, 6.45) is -4.62. The first-order chi connectivity index (χ1) is 10.9. The highest BCUT2D eigenvalue weighted by Gasteiger charge is 2.39. The van der Waals surface area contributed by atoms with Crippen molar-refractivity contribution in [3.05, 3.63) is 39.9 Å². The highest BCUT2D eigenvalue weighted by atomic mass is 35.5. The summed E-state index contributed by atoms with van der Waals surface area (Å²) in [5, 5.41) is 18.7. The van der Waals surface area contributed by atoms with Crippen LogP contribution in [0.4, 0.5) is 13.2 Å². The number of thiazole rings is 1. The number of hydrogen-bond donors (Lipinski definition) is 1. The first-order valence-electron chi connectivity index (χ1n) is 6.05. The zero-order chi connectivity index (χ0) is 16.6. The number of H-pyrrole nitrogens is 1. The molecule has 0 spiro atoms. The van der Waals surface area contributed by atoms with Crippen LogP contribution in [0, 0.1) is 11.3 Å². The van der Waals surface area contributed by atoms with E-state index in [4.69, 9.17) is 16.9 Å². The maximum Gasteiger partial charge on any atom is 0.427 e. The molecule has 2 aromatic heterocycles. The largest absolute Gasteiger partial charge is 0.427 e. The molecule has 1 aromatic carbocycles. The molecule has 3 rings (SSSR count). The molecule has 5 nitrogen and oxygen atoms in total. The van der Waals surface area contributed by atoms with Gasteiger partial charge in [0.25, 0.3) is 0 Å². The number of aromatic nitrogens is 4. The average molecular weight is 356 g/mol. The zero-order valence-corrected chi connectivity index (χ0v) is 12.6. The van der Waals surface area contributed by atoms with Gasteiger partial charge in [0.15, 0.2) is 11.4 Å². The van der Waals surface area contributed by atoms with E-state index in [2.05, 4.69) is 20.4 Å². The Hall–Kier alpha value is -2.44. The van der Waals surface area contributed by atoms with E-state index in [0.717, 1.165) is 0 Å². The van der Waals surface area contributed by atoms with Crippen LogP contribution < -0.4 is 0 Å². The van der Waals surface area contributed by atoms with Crippen molar-refractivity contribution in [2.75, 3.05) is 0 Å². The molecule has 3 aromatic rings. The quantitative estimate of drug-likeness (QED) is 0.749. The SMILES string of the molecule is N#Cc1[nH]nnc1-c1nc(-c2ccc(Cl)cc2)sc1C(F)(F)F. The van der Waals surface area contributed by atoms with Crippen molar-refractivity contribution in [2.24, 2.45) is 0 Å². The Morgan fingerprint density at radius 3 is 2.48 bits per heavy atom. The molecular formula is C13H5ClF3N5S. The van der Waals surface area contributed by atoms with Crippen molar-refractivity contribution in [3.8, 4) is 28.0 Å². The summed E-state index contributed by atoms with van der Waals surface area (Å²) in [5.41, 5.74) is -0.337. The molecule has 0 amide bonds. The number of benzene rings is 1. The predicted octanol–water partition coefficient (Wildman–Crippen LogP) is 4.14. The van der Waals surface area contributed by atoms with Crippen molar-refractivity contribution in [2.45, 2.75) is 6.18 Å². The van der Waals surface area contributed by atoms with Gasteiger partial charge in [0.1, 0.15) is 21.6 Å². The summed E-state index contributed by atoms with van der Waals surface area (Å²) in [4.78, 5) is 3.07. The molecule has 0 saturated carbocycles. The van der Waals surface area contributed by atoms with Crippen LogP contribution in [0.1, 0.15) is 10.6 Å². The lowest BCUT2D eigenvalue weighted by molar-refractivity contribution is -0.134. The van der Waals surface area contributed by atoms with E-state index in [-0.39, 0.29) is 16.4 Å². The van der Waals surface area contributed by atoms with Crippen LogP contribution in [-0.4, -0.2) is 20.4 Å². The van der Waals surface area contributed by atoms with Gasteiger partial charge in [-0.15, -0.1) is 16.4 Å². The molecule has 1 N–H and O–H groups in total. The van der Waals surface area contributed by atoms with E-state index in [9.17, 15) is 13.2 Å². The Bertz CT molecular complexity index is 892. The van der Waals surface area contributed by atoms with E-state index >= 15 is 0 Å². The van der Waals surface area contributed by atoms with E-state index in [1.807, 2.05) is 0 Å². The number of rotatable bonds is 2. The van der Waals surface area contributed by atoms with Crippen LogP contribution in [0.2, 0.25) is 5.02 Å². The first-order valence-corrected chi connectivity index (χ1v) is 7.25. The molecule has 2 heterocycles. The van der Waals surface area contributed by atoms with E-state index in [1.165, 1.54) is 0 Å². The number of hydrogen-bond acceptors (Lipinski definition) is 5. The van der Waals surface area contributed by atoms with Gasteiger partial charge in [0.2, 0.25) is 0 Å². The number of halogens is 4. The summed E-state index contributed by atoms with van der Waals surface area (Å²) < 4.78 is 39.8. The maximum absolute atomic E-state index is 13.3. The second-order valence-electron chi connectivity index (χ2n) is 4.35. The van der Waals surface area contributed by atoms with E-state index < -0.39 is 16.7 Å². The van der Waals surface area contributed by atoms with Gasteiger partial charge in [-0.3, -0.25) is 0 Å². The molecule has 0 bridgehead atoms. The van der Waals surface area contributed by atoms with Crippen molar-refractivity contribution in [1.82, 2.24) is 20.4 Å². The molecule has 116 valence electrons. The minimum absolute atomic E-state index is 0.149. The second-order valence-corrected chi connectivity index (χ2v) is 5.78. The predicted molar refractivity (Wildman–Crippen MR) is 77.7 cm³/mol. The van der Waals surface area contributed by atoms with Gasteiger partial charge in [0, 0.05) is 10.6 Å². The van der Waals surface area contributed by atoms with Gasteiger partial charge in [-0.2, -0.15) is 18.4 Å². The number of nitriles is 1. The van der Waals surface area contributed by atoms with Crippen LogP contribution in [0.5, 0.6) is 0 Å². The maximum atomic E-state index is 13.3. The van der Waals surface area contributed by atoms with E-state index in [0.29, 0.717) is 21.9 Å². The van der Waals surface area contributed by atoms with Crippen LogP contribution >= 0.6 is 22.9 Å². The zero-order valence-electron chi connectivity index (χ0n) is 11.0. The topological polar surface area (TPSA) is 78.2 Å². The normalized spacial score (nSPS) is 11.4. The molecule has 10 heteroatoms. The third kappa shape index (κ3) is 2.91. The fourth-order valence-corrected chi connectivity index (χ4v) is 2.93. The highest BCUT2D eigenvalue weighted by molar-refractivity contribution is 7.15. The summed E-state index contributed by atoms with van der Waals surface area (Å²) >= 11 is 6.25. The van der Waals surface area contributed by atoms with Gasteiger partial charge in [-0.1, -0.05) is 28.9 Å². The summed E-state index contributed by atoms with van der Waals surface area (Å²) in [7, 11) is 0. The van der Waals surface area contributed by atoms with Gasteiger partial charge < -0.3 is 0 Å². The fourth-order valence-electron chi connectivity index (χ4n) is 1.86. The number of aromatic amines is 1. The minimum Gasteiger partial charge on any atom is -0.247 e. The Morgan fingerprint density at radius 1 is 1.17 bits per heavy atom. The summed E-state index contributed by atoms with van der Waals surface area (Å²) in [5.74, 6) is 0. The Labute approximate surface area is 136 Å². The van der Waals surface area contributed by atoms with Crippen LogP contribution in [0.3, 0.4) is 0 Å². The van der Waals surface area contributed by atoms with Crippen LogP contribution in [0.15, 0.2) is 24.3 Å². The third-order valence-electron chi connectivity index (χ3n) is 2.86. The van der Waals surface area contributed by atoms with Gasteiger partial charge in [-0.25, -0.2) is 10.1 Å². The molecular weight excluding hydrogens is 351 g/mol. The molecule has 0 aliphatic carbocycles. The monoisotopic (exact) mass is 355 g/mol. The number of nitrogens with one attached hydrogen (secondary N) is 1. The highest BCUT2D eigenvalue weighted by Crippen LogP contribution is 2.43. The molecule has 0 aliphatic heterocycles. The van der Waals surface area contributed by atoms with E-state index in [1.54, 1.807) is 30.3 Å². The Kier molecular flexibility index (Phi) is 3.79. The Balaban J connectivity index is 2.19. The van der Waals surface area contributed by atoms with Gasteiger partial charge >= 0.3 is 6.18 Å². The molecule has 0 aliphatic rings. The smallest absolute Gasteiger partial charge is 0.247 e. The molecule has 0 unspecified atom stereocenters. The molecule has 23 heavy (non-hydrogen) atoms. The van der Waals surface area contributed by atoms with Crippen molar-refractivity contribution in [3.63, 3.8) is 0 Å². The standard InChI is InChI=1S/C13H5ClF3N5S/c14-7-3-1-6(2-4-7)12-19-10(11(23-12)13(15,16)17)9-8(5-18)20-22-21-9/h1-4H,(H,20,21,22). The van der Waals surface area contributed by atoms with Crippen molar-refractivity contribution < 1.29 is 13.2 Å². The fraction of sp³-hybridized carbons (Fsp3) is 0.0769.